The summed E-state index contributed by atoms with van der Waals surface area (Å²) >= 11 is 0. The van der Waals surface area contributed by atoms with Gasteiger partial charge in [-0.15, -0.1) is 0 Å². The molecule has 0 saturated carbocycles. The summed E-state index contributed by atoms with van der Waals surface area (Å²) in [6.07, 6.45) is -3.31. The van der Waals surface area contributed by atoms with Crippen molar-refractivity contribution in [3.8, 4) is 0 Å². The molecule has 1 aliphatic rings. The summed E-state index contributed by atoms with van der Waals surface area (Å²) in [4.78, 5) is 1.54. The zero-order valence-electron chi connectivity index (χ0n) is 9.98. The van der Waals surface area contributed by atoms with Gasteiger partial charge in [0.2, 0.25) is 0 Å². The van der Waals surface area contributed by atoms with Gasteiger partial charge in [-0.25, -0.2) is 0 Å². The Kier molecular flexibility index (Phi) is 5.05. The molecule has 1 N–H and O–H groups in total. The number of nitrogens with one attached hydrogen (secondary N) is 1. The van der Waals surface area contributed by atoms with Crippen LogP contribution in [0.15, 0.2) is 0 Å². The van der Waals surface area contributed by atoms with Gasteiger partial charge in [-0.1, -0.05) is 13.8 Å². The van der Waals surface area contributed by atoms with Crippen molar-refractivity contribution in [2.75, 3.05) is 32.7 Å². The largest absolute Gasteiger partial charge is 0.401 e. The molecule has 2 nitrogen and oxygen atoms in total. The molecule has 0 aromatic heterocycles. The van der Waals surface area contributed by atoms with Crippen LogP contribution in [0.25, 0.3) is 0 Å². The van der Waals surface area contributed by atoms with Crippen LogP contribution in [0.1, 0.15) is 20.3 Å². The lowest BCUT2D eigenvalue weighted by Crippen LogP contribution is -2.39. The van der Waals surface area contributed by atoms with Crippen LogP contribution >= 0.6 is 0 Å². The average Bonchev–Trinajstić information content (AvgIpc) is 2.49. The van der Waals surface area contributed by atoms with E-state index >= 15 is 0 Å². The van der Waals surface area contributed by atoms with Gasteiger partial charge in [0.25, 0.3) is 0 Å². The monoisotopic (exact) mass is 238 g/mol. The van der Waals surface area contributed by atoms with Crippen LogP contribution in [0.3, 0.4) is 0 Å². The van der Waals surface area contributed by atoms with Crippen molar-refractivity contribution in [3.63, 3.8) is 0 Å². The molecule has 0 aromatic carbocycles. The Balaban J connectivity index is 2.43. The molecule has 1 aliphatic heterocycles. The first-order valence-electron chi connectivity index (χ1n) is 5.92. The van der Waals surface area contributed by atoms with Gasteiger partial charge < -0.3 is 5.32 Å². The quantitative estimate of drug-likeness (QED) is 0.789. The van der Waals surface area contributed by atoms with Crippen LogP contribution in [0.5, 0.6) is 0 Å². The third-order valence-electron chi connectivity index (χ3n) is 3.11. The van der Waals surface area contributed by atoms with E-state index in [1.54, 1.807) is 0 Å². The van der Waals surface area contributed by atoms with Gasteiger partial charge in [-0.05, 0) is 37.9 Å². The number of hydrogen-bond donors (Lipinski definition) is 1. The first-order chi connectivity index (χ1) is 7.42. The minimum atomic E-state index is -4.08. The molecule has 1 saturated heterocycles. The summed E-state index contributed by atoms with van der Waals surface area (Å²) < 4.78 is 37.0. The second-order valence-electron chi connectivity index (χ2n) is 4.75. The van der Waals surface area contributed by atoms with Crippen LogP contribution in [0.2, 0.25) is 0 Å². The highest BCUT2D eigenvalue weighted by atomic mass is 19.4. The van der Waals surface area contributed by atoms with Crippen LogP contribution < -0.4 is 5.32 Å². The molecule has 0 aliphatic carbocycles. The fourth-order valence-electron chi connectivity index (χ4n) is 2.25. The summed E-state index contributed by atoms with van der Waals surface area (Å²) in [5.74, 6) is 0.835. The SMILES string of the molecule is CCCN(C[C@@H]1CNC[C@H]1C)CC(F)(F)F. The van der Waals surface area contributed by atoms with E-state index in [-0.39, 0.29) is 0 Å². The maximum Gasteiger partial charge on any atom is 0.401 e. The van der Waals surface area contributed by atoms with Gasteiger partial charge in [-0.3, -0.25) is 4.90 Å². The molecule has 1 rings (SSSR count). The van der Waals surface area contributed by atoms with Crippen molar-refractivity contribution >= 4 is 0 Å². The molecule has 0 spiro atoms. The maximum atomic E-state index is 12.3. The standard InChI is InChI=1S/C11H21F3N2/c1-3-4-16(8-11(12,13)14)7-10-6-15-5-9(10)2/h9-10,15H,3-8H2,1-2H3/t9-,10+/m1/s1. The van der Waals surface area contributed by atoms with E-state index in [0.717, 1.165) is 19.5 Å². The highest BCUT2D eigenvalue weighted by Gasteiger charge is 2.33. The van der Waals surface area contributed by atoms with E-state index in [2.05, 4.69) is 12.2 Å². The van der Waals surface area contributed by atoms with Crippen LogP contribution in [-0.2, 0) is 0 Å². The summed E-state index contributed by atoms with van der Waals surface area (Å²) in [5.41, 5.74) is 0. The third-order valence-corrected chi connectivity index (χ3v) is 3.11. The zero-order chi connectivity index (χ0) is 12.2. The third kappa shape index (κ3) is 4.70. The van der Waals surface area contributed by atoms with E-state index in [4.69, 9.17) is 0 Å². The molecular formula is C11H21F3N2. The van der Waals surface area contributed by atoms with Crippen LogP contribution in [-0.4, -0.2) is 43.8 Å². The molecule has 0 radical (unpaired) electrons. The van der Waals surface area contributed by atoms with Gasteiger partial charge in [0.1, 0.15) is 0 Å². The minimum absolute atomic E-state index is 0.355. The molecule has 0 bridgehead atoms. The van der Waals surface area contributed by atoms with E-state index in [1.807, 2.05) is 6.92 Å². The second-order valence-corrected chi connectivity index (χ2v) is 4.75. The van der Waals surface area contributed by atoms with Crippen molar-refractivity contribution < 1.29 is 13.2 Å². The highest BCUT2D eigenvalue weighted by Crippen LogP contribution is 2.21. The Morgan fingerprint density at radius 2 is 2.00 bits per heavy atom. The fourth-order valence-corrected chi connectivity index (χ4v) is 2.25. The molecule has 1 fully saturated rings. The summed E-state index contributed by atoms with van der Waals surface area (Å²) in [7, 11) is 0. The predicted octanol–water partition coefficient (Wildman–Crippen LogP) is 2.12. The smallest absolute Gasteiger partial charge is 0.316 e. The van der Waals surface area contributed by atoms with Gasteiger partial charge >= 0.3 is 6.18 Å². The van der Waals surface area contributed by atoms with E-state index in [1.165, 1.54) is 4.90 Å². The summed E-state index contributed by atoms with van der Waals surface area (Å²) in [6, 6.07) is 0. The molecule has 1 heterocycles. The number of rotatable bonds is 5. The number of halogens is 3. The van der Waals surface area contributed by atoms with Gasteiger partial charge in [0.05, 0.1) is 6.54 Å². The molecule has 0 aromatic rings. The molecule has 0 unspecified atom stereocenters. The zero-order valence-corrected chi connectivity index (χ0v) is 9.98. The van der Waals surface area contributed by atoms with Crippen molar-refractivity contribution in [2.45, 2.75) is 26.4 Å². The Morgan fingerprint density at radius 3 is 2.44 bits per heavy atom. The fraction of sp³-hybridized carbons (Fsp3) is 1.00. The minimum Gasteiger partial charge on any atom is -0.316 e. The van der Waals surface area contributed by atoms with Crippen molar-refractivity contribution in [3.05, 3.63) is 0 Å². The first kappa shape index (κ1) is 13.8. The average molecular weight is 238 g/mol. The van der Waals surface area contributed by atoms with Gasteiger partial charge in [-0.2, -0.15) is 13.2 Å². The predicted molar refractivity (Wildman–Crippen MR) is 58.3 cm³/mol. The topological polar surface area (TPSA) is 15.3 Å². The highest BCUT2D eigenvalue weighted by molar-refractivity contribution is 4.81. The molecular weight excluding hydrogens is 217 g/mol. The Morgan fingerprint density at radius 1 is 1.31 bits per heavy atom. The van der Waals surface area contributed by atoms with E-state index in [0.29, 0.717) is 24.9 Å². The van der Waals surface area contributed by atoms with Crippen molar-refractivity contribution in [1.29, 1.82) is 0 Å². The Hall–Kier alpha value is -0.290. The number of nitrogens with zero attached hydrogens (tertiary/aromatic N) is 1. The second kappa shape index (κ2) is 5.87. The first-order valence-corrected chi connectivity index (χ1v) is 5.92. The molecule has 16 heavy (non-hydrogen) atoms. The molecule has 96 valence electrons. The van der Waals surface area contributed by atoms with Crippen LogP contribution in [0.4, 0.5) is 13.2 Å². The van der Waals surface area contributed by atoms with Crippen LogP contribution in [0, 0.1) is 11.8 Å². The lowest BCUT2D eigenvalue weighted by atomic mass is 9.97. The van der Waals surface area contributed by atoms with Crippen molar-refractivity contribution in [2.24, 2.45) is 11.8 Å². The molecule has 2 atom stereocenters. The Labute approximate surface area is 95.2 Å². The van der Waals surface area contributed by atoms with E-state index < -0.39 is 12.7 Å². The lowest BCUT2D eigenvalue weighted by Gasteiger charge is -2.27. The lowest BCUT2D eigenvalue weighted by molar-refractivity contribution is -0.147. The van der Waals surface area contributed by atoms with Gasteiger partial charge in [0, 0.05) is 6.54 Å². The van der Waals surface area contributed by atoms with E-state index in [9.17, 15) is 13.2 Å². The summed E-state index contributed by atoms with van der Waals surface area (Å²) in [5, 5.41) is 3.22. The normalized spacial score (nSPS) is 26.6. The van der Waals surface area contributed by atoms with Crippen molar-refractivity contribution in [1.82, 2.24) is 10.2 Å². The Bertz CT molecular complexity index is 206. The number of hydrogen-bond acceptors (Lipinski definition) is 2. The summed E-state index contributed by atoms with van der Waals surface area (Å²) in [6.45, 7) is 6.10. The molecule has 0 amide bonds. The maximum absolute atomic E-state index is 12.3. The van der Waals surface area contributed by atoms with Gasteiger partial charge in [0.15, 0.2) is 0 Å². The number of alkyl halides is 3. The molecule has 5 heteroatoms.